The molecule has 1 aliphatic rings. The van der Waals surface area contributed by atoms with E-state index in [1.54, 1.807) is 11.8 Å². The summed E-state index contributed by atoms with van der Waals surface area (Å²) in [4.78, 5) is 4.49. The predicted molar refractivity (Wildman–Crippen MR) is 53.9 cm³/mol. The van der Waals surface area contributed by atoms with E-state index >= 15 is 0 Å². The van der Waals surface area contributed by atoms with Crippen LogP contribution in [0.25, 0.3) is 0 Å². The maximum Gasteiger partial charge on any atom is 0.213 e. The van der Waals surface area contributed by atoms with E-state index in [9.17, 15) is 4.39 Å². The number of hydrogen-bond donors (Lipinski definition) is 0. The van der Waals surface area contributed by atoms with Crippen LogP contribution in [0.4, 0.5) is 4.39 Å². The lowest BCUT2D eigenvalue weighted by atomic mass is 10.2. The first kappa shape index (κ1) is 9.93. The molecule has 0 unspecified atom stereocenters. The van der Waals surface area contributed by atoms with Gasteiger partial charge in [-0.05, 0) is 18.9 Å². The highest BCUT2D eigenvalue weighted by molar-refractivity contribution is 8.00. The van der Waals surface area contributed by atoms with Gasteiger partial charge in [-0.25, -0.2) is 4.98 Å². The molecule has 1 saturated heterocycles. The Morgan fingerprint density at radius 1 is 1.43 bits per heavy atom. The fourth-order valence-electron chi connectivity index (χ4n) is 1.44. The van der Waals surface area contributed by atoms with Crippen molar-refractivity contribution in [2.75, 3.05) is 13.2 Å². The van der Waals surface area contributed by atoms with Crippen LogP contribution in [0.1, 0.15) is 12.8 Å². The zero-order valence-corrected chi connectivity index (χ0v) is 8.60. The van der Waals surface area contributed by atoms with Gasteiger partial charge in [0.1, 0.15) is 0 Å². The summed E-state index contributed by atoms with van der Waals surface area (Å²) >= 11 is 1.72. The molecule has 0 bridgehead atoms. The second kappa shape index (κ2) is 4.75. The normalized spacial score (nSPS) is 18.4. The zero-order chi connectivity index (χ0) is 9.80. The van der Waals surface area contributed by atoms with E-state index in [1.165, 1.54) is 12.3 Å². The van der Waals surface area contributed by atoms with E-state index < -0.39 is 5.95 Å². The third-order valence-electron chi connectivity index (χ3n) is 2.17. The minimum Gasteiger partial charge on any atom is -0.381 e. The van der Waals surface area contributed by atoms with Crippen LogP contribution in [0.5, 0.6) is 0 Å². The van der Waals surface area contributed by atoms with E-state index in [4.69, 9.17) is 4.74 Å². The average Bonchev–Trinajstić information content (AvgIpc) is 2.19. The van der Waals surface area contributed by atoms with E-state index in [0.29, 0.717) is 5.25 Å². The lowest BCUT2D eigenvalue weighted by Crippen LogP contribution is -2.17. The minimum atomic E-state index is -0.401. The first-order valence-corrected chi connectivity index (χ1v) is 5.58. The SMILES string of the molecule is Fc1cc(SC2CCOCC2)ccn1. The third-order valence-corrected chi connectivity index (χ3v) is 3.50. The lowest BCUT2D eigenvalue weighted by Gasteiger charge is -2.21. The molecular weight excluding hydrogens is 201 g/mol. The first-order valence-electron chi connectivity index (χ1n) is 4.70. The monoisotopic (exact) mass is 213 g/mol. The van der Waals surface area contributed by atoms with Crippen LogP contribution >= 0.6 is 11.8 Å². The summed E-state index contributed by atoms with van der Waals surface area (Å²) in [5.74, 6) is -0.401. The van der Waals surface area contributed by atoms with Crippen molar-refractivity contribution in [3.63, 3.8) is 0 Å². The topological polar surface area (TPSA) is 22.1 Å². The van der Waals surface area contributed by atoms with Crippen molar-refractivity contribution >= 4 is 11.8 Å². The molecule has 14 heavy (non-hydrogen) atoms. The van der Waals surface area contributed by atoms with E-state index in [-0.39, 0.29) is 0 Å². The van der Waals surface area contributed by atoms with Gasteiger partial charge in [0.2, 0.25) is 5.95 Å². The first-order chi connectivity index (χ1) is 6.84. The smallest absolute Gasteiger partial charge is 0.213 e. The van der Waals surface area contributed by atoms with Gasteiger partial charge in [0, 0.05) is 35.6 Å². The molecule has 0 amide bonds. The summed E-state index contributed by atoms with van der Waals surface area (Å²) in [6, 6.07) is 3.34. The number of pyridine rings is 1. The zero-order valence-electron chi connectivity index (χ0n) is 7.78. The molecule has 0 spiro atoms. The molecule has 0 saturated carbocycles. The van der Waals surface area contributed by atoms with E-state index in [2.05, 4.69) is 4.98 Å². The van der Waals surface area contributed by atoms with Crippen molar-refractivity contribution < 1.29 is 9.13 Å². The van der Waals surface area contributed by atoms with Crippen LogP contribution in [-0.2, 0) is 4.74 Å². The Labute approximate surface area is 86.9 Å². The van der Waals surface area contributed by atoms with Gasteiger partial charge in [0.15, 0.2) is 0 Å². The van der Waals surface area contributed by atoms with Crippen molar-refractivity contribution in [1.82, 2.24) is 4.98 Å². The van der Waals surface area contributed by atoms with Crippen LogP contribution in [-0.4, -0.2) is 23.4 Å². The molecule has 0 aromatic carbocycles. The van der Waals surface area contributed by atoms with Gasteiger partial charge in [0.05, 0.1) is 0 Å². The van der Waals surface area contributed by atoms with Gasteiger partial charge in [0.25, 0.3) is 0 Å². The molecule has 1 aliphatic heterocycles. The van der Waals surface area contributed by atoms with Crippen LogP contribution in [0.3, 0.4) is 0 Å². The highest BCUT2D eigenvalue weighted by Crippen LogP contribution is 2.29. The van der Waals surface area contributed by atoms with E-state index in [0.717, 1.165) is 31.0 Å². The quantitative estimate of drug-likeness (QED) is 0.705. The molecular formula is C10H12FNOS. The Hall–Kier alpha value is -0.610. The number of nitrogens with zero attached hydrogens (tertiary/aromatic N) is 1. The van der Waals surface area contributed by atoms with Gasteiger partial charge < -0.3 is 4.74 Å². The summed E-state index contributed by atoms with van der Waals surface area (Å²) in [5.41, 5.74) is 0. The maximum absolute atomic E-state index is 12.8. The molecule has 0 aliphatic carbocycles. The van der Waals surface area contributed by atoms with Crippen LogP contribution < -0.4 is 0 Å². The molecule has 0 N–H and O–H groups in total. The fraction of sp³-hybridized carbons (Fsp3) is 0.500. The molecule has 4 heteroatoms. The molecule has 1 fully saturated rings. The minimum absolute atomic E-state index is 0.401. The highest BCUT2D eigenvalue weighted by atomic mass is 32.2. The van der Waals surface area contributed by atoms with Gasteiger partial charge in [-0.1, -0.05) is 0 Å². The number of aromatic nitrogens is 1. The second-order valence-electron chi connectivity index (χ2n) is 3.24. The molecule has 2 heterocycles. The lowest BCUT2D eigenvalue weighted by molar-refractivity contribution is 0.100. The van der Waals surface area contributed by atoms with Gasteiger partial charge >= 0.3 is 0 Å². The molecule has 0 atom stereocenters. The van der Waals surface area contributed by atoms with E-state index in [1.807, 2.05) is 6.07 Å². The average molecular weight is 213 g/mol. The van der Waals surface area contributed by atoms with Gasteiger partial charge in [-0.3, -0.25) is 0 Å². The Morgan fingerprint density at radius 2 is 2.21 bits per heavy atom. The molecule has 76 valence electrons. The molecule has 1 aromatic rings. The Balaban J connectivity index is 1.95. The maximum atomic E-state index is 12.8. The van der Waals surface area contributed by atoms with Gasteiger partial charge in [-0.15, -0.1) is 11.8 Å². The molecule has 1 aromatic heterocycles. The summed E-state index contributed by atoms with van der Waals surface area (Å²) in [7, 11) is 0. The highest BCUT2D eigenvalue weighted by Gasteiger charge is 2.14. The predicted octanol–water partition coefficient (Wildman–Crippen LogP) is 2.49. The second-order valence-corrected chi connectivity index (χ2v) is 4.62. The van der Waals surface area contributed by atoms with Crippen molar-refractivity contribution in [2.24, 2.45) is 0 Å². The summed E-state index contributed by atoms with van der Waals surface area (Å²) in [6.45, 7) is 1.65. The van der Waals surface area contributed by atoms with Crippen LogP contribution in [0.2, 0.25) is 0 Å². The van der Waals surface area contributed by atoms with Crippen LogP contribution in [0.15, 0.2) is 23.2 Å². The number of rotatable bonds is 2. The number of halogens is 1. The number of ether oxygens (including phenoxy) is 1. The summed E-state index contributed by atoms with van der Waals surface area (Å²) in [6.07, 6.45) is 3.61. The third kappa shape index (κ3) is 2.69. The summed E-state index contributed by atoms with van der Waals surface area (Å²) < 4.78 is 18.0. The van der Waals surface area contributed by atoms with Crippen molar-refractivity contribution in [1.29, 1.82) is 0 Å². The number of hydrogen-bond acceptors (Lipinski definition) is 3. The fourth-order valence-corrected chi connectivity index (χ4v) is 2.56. The van der Waals surface area contributed by atoms with Crippen molar-refractivity contribution in [3.05, 3.63) is 24.3 Å². The molecule has 2 rings (SSSR count). The molecule has 0 radical (unpaired) electrons. The Morgan fingerprint density at radius 3 is 2.93 bits per heavy atom. The number of thioether (sulfide) groups is 1. The Bertz CT molecular complexity index is 302. The Kier molecular flexibility index (Phi) is 3.37. The van der Waals surface area contributed by atoms with Crippen molar-refractivity contribution in [2.45, 2.75) is 23.0 Å². The summed E-state index contributed by atoms with van der Waals surface area (Å²) in [5, 5.41) is 0.561. The molecule has 2 nitrogen and oxygen atoms in total. The van der Waals surface area contributed by atoms with Gasteiger partial charge in [-0.2, -0.15) is 4.39 Å². The standard InChI is InChI=1S/C10H12FNOS/c11-10-7-9(1-4-12-10)14-8-2-5-13-6-3-8/h1,4,7-8H,2-3,5-6H2. The largest absolute Gasteiger partial charge is 0.381 e. The van der Waals surface area contributed by atoms with Crippen molar-refractivity contribution in [3.8, 4) is 0 Å². The van der Waals surface area contributed by atoms with Crippen LogP contribution in [0, 0.1) is 5.95 Å².